The molecular weight excluding hydrogens is 238 g/mol. The zero-order chi connectivity index (χ0) is 11.4. The van der Waals surface area contributed by atoms with Crippen LogP contribution in [0, 0.1) is 0 Å². The molecule has 1 aliphatic heterocycles. The third kappa shape index (κ3) is 2.74. The first kappa shape index (κ1) is 11.9. The van der Waals surface area contributed by atoms with Crippen LogP contribution in [-0.2, 0) is 4.79 Å². The number of nitrogens with zero attached hydrogens (tertiary/aromatic N) is 1. The van der Waals surface area contributed by atoms with Crippen molar-refractivity contribution >= 4 is 27.5 Å². The zero-order valence-corrected chi connectivity index (χ0v) is 10.9. The Morgan fingerprint density at radius 3 is 2.81 bits per heavy atom. The second-order valence-electron chi connectivity index (χ2n) is 3.84. The SMILES string of the molecule is CSSCN1CC(c2ccccc2)CC1=O. The minimum absolute atomic E-state index is 0.287. The molecule has 1 aromatic rings. The van der Waals surface area contributed by atoms with Crippen molar-refractivity contribution in [2.24, 2.45) is 0 Å². The molecule has 1 atom stereocenters. The Morgan fingerprint density at radius 1 is 1.38 bits per heavy atom. The lowest BCUT2D eigenvalue weighted by Gasteiger charge is -2.15. The van der Waals surface area contributed by atoms with Crippen molar-refractivity contribution in [2.75, 3.05) is 18.7 Å². The van der Waals surface area contributed by atoms with E-state index in [2.05, 4.69) is 12.1 Å². The van der Waals surface area contributed by atoms with Crippen molar-refractivity contribution in [1.29, 1.82) is 0 Å². The number of amides is 1. The lowest BCUT2D eigenvalue weighted by Crippen LogP contribution is -2.23. The van der Waals surface area contributed by atoms with Gasteiger partial charge < -0.3 is 4.90 Å². The van der Waals surface area contributed by atoms with Gasteiger partial charge in [-0.2, -0.15) is 0 Å². The maximum atomic E-state index is 11.8. The normalized spacial score (nSPS) is 20.4. The lowest BCUT2D eigenvalue weighted by molar-refractivity contribution is -0.126. The first-order valence-electron chi connectivity index (χ1n) is 5.29. The highest BCUT2D eigenvalue weighted by Gasteiger charge is 2.29. The molecule has 16 heavy (non-hydrogen) atoms. The van der Waals surface area contributed by atoms with Crippen LogP contribution in [0.1, 0.15) is 17.9 Å². The van der Waals surface area contributed by atoms with Crippen molar-refractivity contribution in [3.63, 3.8) is 0 Å². The van der Waals surface area contributed by atoms with Gasteiger partial charge in [0.25, 0.3) is 0 Å². The second kappa shape index (κ2) is 5.64. The van der Waals surface area contributed by atoms with Gasteiger partial charge in [0.2, 0.25) is 5.91 Å². The fourth-order valence-electron chi connectivity index (χ4n) is 1.96. The predicted molar refractivity (Wildman–Crippen MR) is 71.5 cm³/mol. The Labute approximate surface area is 104 Å². The summed E-state index contributed by atoms with van der Waals surface area (Å²) < 4.78 is 0. The molecule has 1 amide bonds. The van der Waals surface area contributed by atoms with Crippen LogP contribution in [0.25, 0.3) is 0 Å². The summed E-state index contributed by atoms with van der Waals surface area (Å²) in [4.78, 5) is 13.7. The third-order valence-electron chi connectivity index (χ3n) is 2.81. The first-order chi connectivity index (χ1) is 7.81. The number of carbonyl (C=O) groups is 1. The van der Waals surface area contributed by atoms with Crippen LogP contribution in [0.4, 0.5) is 0 Å². The Kier molecular flexibility index (Phi) is 4.18. The Morgan fingerprint density at radius 2 is 2.12 bits per heavy atom. The van der Waals surface area contributed by atoms with Crippen molar-refractivity contribution in [1.82, 2.24) is 4.90 Å². The van der Waals surface area contributed by atoms with Crippen molar-refractivity contribution in [3.05, 3.63) is 35.9 Å². The lowest BCUT2D eigenvalue weighted by atomic mass is 9.99. The summed E-state index contributed by atoms with van der Waals surface area (Å²) in [7, 11) is 3.44. The minimum atomic E-state index is 0.287. The highest BCUT2D eigenvalue weighted by atomic mass is 33.1. The van der Waals surface area contributed by atoms with E-state index in [1.54, 1.807) is 21.6 Å². The topological polar surface area (TPSA) is 20.3 Å². The van der Waals surface area contributed by atoms with Gasteiger partial charge in [-0.15, -0.1) is 0 Å². The van der Waals surface area contributed by atoms with Gasteiger partial charge in [0.05, 0.1) is 5.88 Å². The van der Waals surface area contributed by atoms with Gasteiger partial charge in [-0.1, -0.05) is 51.9 Å². The summed E-state index contributed by atoms with van der Waals surface area (Å²) in [6, 6.07) is 10.3. The number of carbonyl (C=O) groups excluding carboxylic acids is 1. The fraction of sp³-hybridized carbons (Fsp3) is 0.417. The van der Waals surface area contributed by atoms with Gasteiger partial charge in [-0.05, 0) is 11.8 Å². The molecule has 1 aliphatic rings. The molecule has 2 rings (SSSR count). The summed E-state index contributed by atoms with van der Waals surface area (Å²) in [6.07, 6.45) is 2.71. The van der Waals surface area contributed by atoms with Crippen molar-refractivity contribution < 1.29 is 4.79 Å². The van der Waals surface area contributed by atoms with Crippen LogP contribution in [0.3, 0.4) is 0 Å². The zero-order valence-electron chi connectivity index (χ0n) is 9.26. The Balaban J connectivity index is 1.98. The van der Waals surface area contributed by atoms with Crippen LogP contribution in [0.5, 0.6) is 0 Å². The van der Waals surface area contributed by atoms with Gasteiger partial charge >= 0.3 is 0 Å². The van der Waals surface area contributed by atoms with Crippen molar-refractivity contribution in [2.45, 2.75) is 12.3 Å². The van der Waals surface area contributed by atoms with Crippen LogP contribution >= 0.6 is 21.6 Å². The number of rotatable bonds is 4. The summed E-state index contributed by atoms with van der Waals surface area (Å²) >= 11 is 0. The molecule has 2 nitrogen and oxygen atoms in total. The van der Waals surface area contributed by atoms with Gasteiger partial charge in [-0.3, -0.25) is 4.79 Å². The monoisotopic (exact) mass is 253 g/mol. The number of likely N-dealkylation sites (tertiary alicyclic amines) is 1. The van der Waals surface area contributed by atoms with Gasteiger partial charge in [-0.25, -0.2) is 0 Å². The molecular formula is C12H15NOS2. The fourth-order valence-corrected chi connectivity index (χ4v) is 3.14. The molecule has 1 fully saturated rings. The van der Waals surface area contributed by atoms with E-state index < -0.39 is 0 Å². The first-order valence-corrected chi connectivity index (χ1v) is 8.02. The van der Waals surface area contributed by atoms with E-state index in [0.29, 0.717) is 12.3 Å². The van der Waals surface area contributed by atoms with Gasteiger partial charge in [0, 0.05) is 18.9 Å². The molecule has 0 aliphatic carbocycles. The van der Waals surface area contributed by atoms with Gasteiger partial charge in [0.15, 0.2) is 0 Å². The highest BCUT2D eigenvalue weighted by Crippen LogP contribution is 2.30. The highest BCUT2D eigenvalue weighted by molar-refractivity contribution is 8.76. The van der Waals surface area contributed by atoms with Crippen molar-refractivity contribution in [3.8, 4) is 0 Å². The molecule has 1 unspecified atom stereocenters. The number of benzene rings is 1. The standard InChI is InChI=1S/C12H15NOS2/c1-15-16-9-13-8-11(7-12(13)14)10-5-3-2-4-6-10/h2-6,11H,7-9H2,1H3. The van der Waals surface area contributed by atoms with Crippen LogP contribution in [0.2, 0.25) is 0 Å². The molecule has 0 bridgehead atoms. The predicted octanol–water partition coefficient (Wildman–Crippen LogP) is 2.97. The molecule has 1 saturated heterocycles. The van der Waals surface area contributed by atoms with Crippen LogP contribution in [-0.4, -0.2) is 29.5 Å². The van der Waals surface area contributed by atoms with E-state index in [9.17, 15) is 4.79 Å². The third-order valence-corrected chi connectivity index (χ3v) is 4.49. The summed E-state index contributed by atoms with van der Waals surface area (Å²) in [5.74, 6) is 1.48. The molecule has 0 aromatic heterocycles. The smallest absolute Gasteiger partial charge is 0.223 e. The molecule has 86 valence electrons. The summed E-state index contributed by atoms with van der Waals surface area (Å²) in [5.41, 5.74) is 1.28. The van der Waals surface area contributed by atoms with E-state index in [4.69, 9.17) is 0 Å². The maximum absolute atomic E-state index is 11.8. The Hall–Kier alpha value is -0.610. The van der Waals surface area contributed by atoms with Gasteiger partial charge in [0.1, 0.15) is 0 Å². The molecule has 1 aromatic carbocycles. The number of hydrogen-bond donors (Lipinski definition) is 0. The molecule has 0 N–H and O–H groups in total. The van der Waals surface area contributed by atoms with E-state index >= 15 is 0 Å². The average molecular weight is 253 g/mol. The second-order valence-corrected chi connectivity index (χ2v) is 6.38. The van der Waals surface area contributed by atoms with E-state index in [0.717, 1.165) is 12.4 Å². The van der Waals surface area contributed by atoms with Crippen LogP contribution < -0.4 is 0 Å². The Bertz CT molecular complexity index is 355. The number of hydrogen-bond acceptors (Lipinski definition) is 3. The van der Waals surface area contributed by atoms with E-state index in [-0.39, 0.29) is 5.91 Å². The maximum Gasteiger partial charge on any atom is 0.223 e. The van der Waals surface area contributed by atoms with E-state index in [1.165, 1.54) is 5.56 Å². The molecule has 0 saturated carbocycles. The minimum Gasteiger partial charge on any atom is -0.332 e. The molecule has 0 radical (unpaired) electrons. The average Bonchev–Trinajstić information content (AvgIpc) is 2.69. The van der Waals surface area contributed by atoms with Crippen LogP contribution in [0.15, 0.2) is 30.3 Å². The molecule has 1 heterocycles. The quantitative estimate of drug-likeness (QED) is 0.769. The summed E-state index contributed by atoms with van der Waals surface area (Å²) in [5, 5.41) is 0. The van der Waals surface area contributed by atoms with E-state index in [1.807, 2.05) is 29.4 Å². The largest absolute Gasteiger partial charge is 0.332 e. The summed E-state index contributed by atoms with van der Waals surface area (Å²) in [6.45, 7) is 0.871. The molecule has 4 heteroatoms. The molecule has 0 spiro atoms.